The summed E-state index contributed by atoms with van der Waals surface area (Å²) in [5, 5.41) is 0. The molecule has 0 unspecified atom stereocenters. The van der Waals surface area contributed by atoms with Gasteiger partial charge in [-0.25, -0.2) is 0 Å². The average Bonchev–Trinajstić information content (AvgIpc) is 2.22. The highest BCUT2D eigenvalue weighted by molar-refractivity contribution is 7.80. The minimum atomic E-state index is 0.931. The SMILES string of the molecule is CN(C)Cc1cc(CN(C)C)c(S)c(CN(C)C)c1. The monoisotopic (exact) mass is 281 g/mol. The Bertz CT molecular complexity index is 383. The molecule has 0 aromatic heterocycles. The number of benzene rings is 1. The lowest BCUT2D eigenvalue weighted by molar-refractivity contribution is 0.383. The molecule has 4 heteroatoms. The van der Waals surface area contributed by atoms with Gasteiger partial charge in [-0.1, -0.05) is 12.1 Å². The predicted molar refractivity (Wildman–Crippen MR) is 85.9 cm³/mol. The summed E-state index contributed by atoms with van der Waals surface area (Å²) in [6.45, 7) is 2.83. The molecule has 0 saturated carbocycles. The molecular weight excluding hydrogens is 254 g/mol. The van der Waals surface area contributed by atoms with Crippen LogP contribution in [0, 0.1) is 0 Å². The molecule has 0 fully saturated rings. The van der Waals surface area contributed by atoms with E-state index >= 15 is 0 Å². The van der Waals surface area contributed by atoms with Crippen LogP contribution in [0.5, 0.6) is 0 Å². The Morgan fingerprint density at radius 1 is 0.737 bits per heavy atom. The van der Waals surface area contributed by atoms with Gasteiger partial charge in [-0.15, -0.1) is 12.6 Å². The first kappa shape index (κ1) is 16.5. The molecule has 1 aromatic carbocycles. The maximum Gasteiger partial charge on any atom is 0.0238 e. The van der Waals surface area contributed by atoms with Crippen LogP contribution in [0.3, 0.4) is 0 Å². The van der Waals surface area contributed by atoms with E-state index in [0.717, 1.165) is 24.5 Å². The van der Waals surface area contributed by atoms with E-state index in [2.05, 4.69) is 69.1 Å². The Kier molecular flexibility index (Phi) is 6.33. The second kappa shape index (κ2) is 7.29. The summed E-state index contributed by atoms with van der Waals surface area (Å²) in [6.07, 6.45) is 0. The van der Waals surface area contributed by atoms with Crippen molar-refractivity contribution in [1.82, 2.24) is 14.7 Å². The number of hydrogen-bond donors (Lipinski definition) is 1. The molecule has 1 aromatic rings. The second-order valence-electron chi connectivity index (χ2n) is 5.98. The summed E-state index contributed by atoms with van der Waals surface area (Å²) < 4.78 is 0. The first-order valence-electron chi connectivity index (χ1n) is 6.57. The lowest BCUT2D eigenvalue weighted by atomic mass is 10.0. The quantitative estimate of drug-likeness (QED) is 0.801. The smallest absolute Gasteiger partial charge is 0.0238 e. The molecule has 3 nitrogen and oxygen atoms in total. The van der Waals surface area contributed by atoms with E-state index in [-0.39, 0.29) is 0 Å². The molecule has 19 heavy (non-hydrogen) atoms. The van der Waals surface area contributed by atoms with E-state index in [1.54, 1.807) is 0 Å². The maximum absolute atomic E-state index is 4.73. The zero-order valence-electron chi connectivity index (χ0n) is 13.1. The molecule has 0 saturated heterocycles. The number of nitrogens with zero attached hydrogens (tertiary/aromatic N) is 3. The molecule has 0 bridgehead atoms. The second-order valence-corrected chi connectivity index (χ2v) is 6.42. The van der Waals surface area contributed by atoms with Crippen molar-refractivity contribution in [2.45, 2.75) is 24.5 Å². The Labute approximate surface area is 123 Å². The molecule has 0 amide bonds. The van der Waals surface area contributed by atoms with Crippen molar-refractivity contribution in [3.05, 3.63) is 28.8 Å². The van der Waals surface area contributed by atoms with Gasteiger partial charge >= 0.3 is 0 Å². The molecule has 0 aliphatic heterocycles. The van der Waals surface area contributed by atoms with Crippen molar-refractivity contribution in [2.24, 2.45) is 0 Å². The topological polar surface area (TPSA) is 9.72 Å². The summed E-state index contributed by atoms with van der Waals surface area (Å²) in [6, 6.07) is 4.56. The van der Waals surface area contributed by atoms with E-state index in [1.165, 1.54) is 16.7 Å². The number of rotatable bonds is 6. The summed E-state index contributed by atoms with van der Waals surface area (Å²) in [5.74, 6) is 0. The van der Waals surface area contributed by atoms with Gasteiger partial charge in [0.15, 0.2) is 0 Å². The lowest BCUT2D eigenvalue weighted by Gasteiger charge is -2.20. The predicted octanol–water partition coefficient (Wildman–Crippen LogP) is 2.16. The minimum absolute atomic E-state index is 0.931. The van der Waals surface area contributed by atoms with Gasteiger partial charge in [0, 0.05) is 24.5 Å². The summed E-state index contributed by atoms with van der Waals surface area (Å²) in [5.41, 5.74) is 3.98. The summed E-state index contributed by atoms with van der Waals surface area (Å²) in [7, 11) is 12.6. The molecule has 0 spiro atoms. The van der Waals surface area contributed by atoms with E-state index in [1.807, 2.05) is 0 Å². The molecule has 0 N–H and O–H groups in total. The molecule has 0 heterocycles. The van der Waals surface area contributed by atoms with Crippen molar-refractivity contribution in [3.63, 3.8) is 0 Å². The first-order valence-corrected chi connectivity index (χ1v) is 7.02. The van der Waals surface area contributed by atoms with Crippen LogP contribution in [0.2, 0.25) is 0 Å². The van der Waals surface area contributed by atoms with E-state index in [4.69, 9.17) is 12.6 Å². The van der Waals surface area contributed by atoms with Crippen molar-refractivity contribution in [2.75, 3.05) is 42.3 Å². The zero-order chi connectivity index (χ0) is 14.6. The van der Waals surface area contributed by atoms with E-state index in [9.17, 15) is 0 Å². The van der Waals surface area contributed by atoms with E-state index in [0.29, 0.717) is 0 Å². The first-order chi connectivity index (χ1) is 8.79. The molecule has 1 rings (SSSR count). The fourth-order valence-corrected chi connectivity index (χ4v) is 2.48. The highest BCUT2D eigenvalue weighted by atomic mass is 32.1. The molecule has 0 atom stereocenters. The Morgan fingerprint density at radius 3 is 1.42 bits per heavy atom. The number of hydrogen-bond acceptors (Lipinski definition) is 4. The van der Waals surface area contributed by atoms with Crippen LogP contribution in [-0.4, -0.2) is 57.0 Å². The average molecular weight is 281 g/mol. The van der Waals surface area contributed by atoms with Gasteiger partial charge < -0.3 is 14.7 Å². The number of thiol groups is 1. The highest BCUT2D eigenvalue weighted by Gasteiger charge is 2.10. The zero-order valence-corrected chi connectivity index (χ0v) is 14.0. The third-order valence-corrected chi connectivity index (χ3v) is 3.37. The van der Waals surface area contributed by atoms with Gasteiger partial charge in [0.25, 0.3) is 0 Å². The molecule has 0 radical (unpaired) electrons. The maximum atomic E-state index is 4.73. The van der Waals surface area contributed by atoms with Gasteiger partial charge in [0.05, 0.1) is 0 Å². The minimum Gasteiger partial charge on any atom is -0.305 e. The Hall–Kier alpha value is -0.550. The van der Waals surface area contributed by atoms with Crippen molar-refractivity contribution in [3.8, 4) is 0 Å². The van der Waals surface area contributed by atoms with Gasteiger partial charge in [-0.3, -0.25) is 0 Å². The van der Waals surface area contributed by atoms with Crippen molar-refractivity contribution in [1.29, 1.82) is 0 Å². The van der Waals surface area contributed by atoms with Crippen LogP contribution in [0.25, 0.3) is 0 Å². The molecule has 0 aliphatic rings. The van der Waals surface area contributed by atoms with Crippen LogP contribution in [0.1, 0.15) is 16.7 Å². The third-order valence-electron chi connectivity index (χ3n) is 2.80. The molecular formula is C15H27N3S. The summed E-state index contributed by atoms with van der Waals surface area (Å²) in [4.78, 5) is 7.71. The third kappa shape index (κ3) is 5.53. The van der Waals surface area contributed by atoms with Crippen molar-refractivity contribution >= 4 is 12.6 Å². The van der Waals surface area contributed by atoms with Crippen LogP contribution in [-0.2, 0) is 19.6 Å². The van der Waals surface area contributed by atoms with Crippen LogP contribution >= 0.6 is 12.6 Å². The highest BCUT2D eigenvalue weighted by Crippen LogP contribution is 2.24. The Balaban J connectivity index is 3.13. The fraction of sp³-hybridized carbons (Fsp3) is 0.600. The standard InChI is InChI=1S/C15H27N3S/c1-16(2)9-12-7-13(10-17(3)4)15(19)14(8-12)11-18(5)6/h7-8,19H,9-11H2,1-6H3. The largest absolute Gasteiger partial charge is 0.305 e. The normalized spacial score (nSPS) is 11.9. The lowest BCUT2D eigenvalue weighted by Crippen LogP contribution is -2.17. The van der Waals surface area contributed by atoms with Crippen molar-refractivity contribution < 1.29 is 0 Å². The van der Waals surface area contributed by atoms with Crippen LogP contribution in [0.15, 0.2) is 17.0 Å². The van der Waals surface area contributed by atoms with Crippen LogP contribution < -0.4 is 0 Å². The van der Waals surface area contributed by atoms with E-state index < -0.39 is 0 Å². The Morgan fingerprint density at radius 2 is 1.11 bits per heavy atom. The van der Waals surface area contributed by atoms with Gasteiger partial charge in [0.1, 0.15) is 0 Å². The van der Waals surface area contributed by atoms with Gasteiger partial charge in [0.2, 0.25) is 0 Å². The molecule has 0 aliphatic carbocycles. The molecule has 108 valence electrons. The fourth-order valence-electron chi connectivity index (χ4n) is 2.21. The van der Waals surface area contributed by atoms with Crippen LogP contribution in [0.4, 0.5) is 0 Å². The van der Waals surface area contributed by atoms with Gasteiger partial charge in [-0.05, 0) is 59.0 Å². The summed E-state index contributed by atoms with van der Waals surface area (Å²) >= 11 is 4.73. The van der Waals surface area contributed by atoms with Gasteiger partial charge in [-0.2, -0.15) is 0 Å².